The quantitative estimate of drug-likeness (QED) is 0.620. The predicted molar refractivity (Wildman–Crippen MR) is 54.3 cm³/mol. The van der Waals surface area contributed by atoms with Gasteiger partial charge in [0, 0.05) is 11.6 Å². The molecule has 1 rings (SSSR count). The number of hydrogen-bond donors (Lipinski definition) is 1. The zero-order chi connectivity index (χ0) is 9.68. The third-order valence-electron chi connectivity index (χ3n) is 2.21. The van der Waals surface area contributed by atoms with Crippen molar-refractivity contribution in [3.63, 3.8) is 0 Å². The molecular weight excluding hydrogens is 162 g/mol. The van der Waals surface area contributed by atoms with E-state index in [9.17, 15) is 4.79 Å². The Balaban J connectivity index is 2.89. The van der Waals surface area contributed by atoms with Gasteiger partial charge in [0.05, 0.1) is 0 Å². The minimum absolute atomic E-state index is 0.118. The molecule has 0 aromatic carbocycles. The molecule has 70 valence electrons. The Morgan fingerprint density at radius 3 is 3.00 bits per heavy atom. The maximum Gasteiger partial charge on any atom is 0.150 e. The largest absolute Gasteiger partial charge is 0.324 e. The second-order valence-electron chi connectivity index (χ2n) is 3.28. The molecule has 0 saturated carbocycles. The predicted octanol–water partition coefficient (Wildman–Crippen LogP) is 1.74. The van der Waals surface area contributed by atoms with E-state index in [1.165, 1.54) is 0 Å². The third kappa shape index (κ3) is 2.99. The zero-order valence-electron chi connectivity index (χ0n) is 7.86. The van der Waals surface area contributed by atoms with Crippen LogP contribution < -0.4 is 5.73 Å². The number of rotatable bonds is 1. The van der Waals surface area contributed by atoms with Crippen LogP contribution in [0.25, 0.3) is 0 Å². The van der Waals surface area contributed by atoms with Crippen molar-refractivity contribution in [2.75, 3.05) is 0 Å². The summed E-state index contributed by atoms with van der Waals surface area (Å²) in [4.78, 5) is 10.5. The molecule has 0 bridgehead atoms. The van der Waals surface area contributed by atoms with Gasteiger partial charge < -0.3 is 5.73 Å². The van der Waals surface area contributed by atoms with E-state index in [-0.39, 0.29) is 6.04 Å². The van der Waals surface area contributed by atoms with Gasteiger partial charge in [-0.15, -0.1) is 0 Å². The maximum atomic E-state index is 10.5. The highest BCUT2D eigenvalue weighted by molar-refractivity contribution is 5.78. The molecule has 0 aromatic rings. The highest BCUT2D eigenvalue weighted by Crippen LogP contribution is 2.10. The van der Waals surface area contributed by atoms with Gasteiger partial charge in [0.15, 0.2) is 0 Å². The Hall–Kier alpha value is -1.15. The fourth-order valence-corrected chi connectivity index (χ4v) is 1.21. The van der Waals surface area contributed by atoms with Crippen LogP contribution in [0.3, 0.4) is 0 Å². The molecule has 0 spiro atoms. The first-order valence-corrected chi connectivity index (χ1v) is 4.50. The SMILES string of the molecule is C\C1=C/C=C(C=O)\C=C\CCC1N. The van der Waals surface area contributed by atoms with Crippen LogP contribution in [0.5, 0.6) is 0 Å². The van der Waals surface area contributed by atoms with E-state index >= 15 is 0 Å². The Labute approximate surface area is 78.8 Å². The first-order valence-electron chi connectivity index (χ1n) is 4.50. The number of allylic oxidation sites excluding steroid dienone is 5. The van der Waals surface area contributed by atoms with E-state index < -0.39 is 0 Å². The average molecular weight is 177 g/mol. The molecule has 2 nitrogen and oxygen atoms in total. The topological polar surface area (TPSA) is 43.1 Å². The van der Waals surface area contributed by atoms with Gasteiger partial charge in [0.2, 0.25) is 0 Å². The minimum Gasteiger partial charge on any atom is -0.324 e. The van der Waals surface area contributed by atoms with Crippen LogP contribution >= 0.6 is 0 Å². The monoisotopic (exact) mass is 177 g/mol. The van der Waals surface area contributed by atoms with E-state index in [0.717, 1.165) is 24.7 Å². The number of aldehydes is 1. The number of carbonyl (C=O) groups is 1. The van der Waals surface area contributed by atoms with Gasteiger partial charge in [-0.3, -0.25) is 4.79 Å². The molecule has 2 N–H and O–H groups in total. The van der Waals surface area contributed by atoms with Crippen molar-refractivity contribution >= 4 is 6.29 Å². The van der Waals surface area contributed by atoms with Crippen molar-refractivity contribution in [2.24, 2.45) is 5.73 Å². The average Bonchev–Trinajstić information content (AvgIpc) is 2.21. The minimum atomic E-state index is 0.118. The van der Waals surface area contributed by atoms with Crippen LogP contribution in [0.4, 0.5) is 0 Å². The molecule has 1 atom stereocenters. The Morgan fingerprint density at radius 1 is 1.54 bits per heavy atom. The summed E-state index contributed by atoms with van der Waals surface area (Å²) in [5.41, 5.74) is 7.71. The fourth-order valence-electron chi connectivity index (χ4n) is 1.21. The van der Waals surface area contributed by atoms with Crippen molar-refractivity contribution < 1.29 is 4.79 Å². The van der Waals surface area contributed by atoms with Crippen molar-refractivity contribution in [2.45, 2.75) is 25.8 Å². The van der Waals surface area contributed by atoms with Crippen LogP contribution in [-0.2, 0) is 4.79 Å². The normalized spacial score (nSPS) is 34.2. The Morgan fingerprint density at radius 2 is 2.31 bits per heavy atom. The van der Waals surface area contributed by atoms with E-state index in [4.69, 9.17) is 5.73 Å². The van der Waals surface area contributed by atoms with Crippen LogP contribution in [0.2, 0.25) is 0 Å². The third-order valence-corrected chi connectivity index (χ3v) is 2.21. The summed E-state index contributed by atoms with van der Waals surface area (Å²) >= 11 is 0. The van der Waals surface area contributed by atoms with E-state index in [2.05, 4.69) is 0 Å². The van der Waals surface area contributed by atoms with E-state index in [1.807, 2.05) is 31.2 Å². The first-order chi connectivity index (χ1) is 6.24. The summed E-state index contributed by atoms with van der Waals surface area (Å²) in [7, 11) is 0. The summed E-state index contributed by atoms with van der Waals surface area (Å²) in [6, 6.07) is 0.118. The smallest absolute Gasteiger partial charge is 0.150 e. The molecule has 2 heteroatoms. The van der Waals surface area contributed by atoms with Gasteiger partial charge in [-0.1, -0.05) is 29.9 Å². The van der Waals surface area contributed by atoms with Crippen molar-refractivity contribution in [3.05, 3.63) is 35.5 Å². The Kier molecular flexibility index (Phi) is 3.65. The maximum absolute atomic E-state index is 10.5. The molecule has 0 aliphatic heterocycles. The van der Waals surface area contributed by atoms with Gasteiger partial charge in [0.1, 0.15) is 6.29 Å². The van der Waals surface area contributed by atoms with Crippen molar-refractivity contribution in [3.8, 4) is 0 Å². The molecule has 0 radical (unpaired) electrons. The van der Waals surface area contributed by atoms with Gasteiger partial charge in [-0.05, 0) is 19.8 Å². The van der Waals surface area contributed by atoms with Crippen LogP contribution in [0.1, 0.15) is 19.8 Å². The summed E-state index contributed by atoms with van der Waals surface area (Å²) in [6.45, 7) is 1.99. The van der Waals surface area contributed by atoms with Gasteiger partial charge in [-0.2, -0.15) is 0 Å². The van der Waals surface area contributed by atoms with Crippen LogP contribution in [0.15, 0.2) is 35.5 Å². The van der Waals surface area contributed by atoms with Gasteiger partial charge >= 0.3 is 0 Å². The summed E-state index contributed by atoms with van der Waals surface area (Å²) in [5, 5.41) is 0. The summed E-state index contributed by atoms with van der Waals surface area (Å²) in [6.07, 6.45) is 10.3. The van der Waals surface area contributed by atoms with Gasteiger partial charge in [0.25, 0.3) is 0 Å². The zero-order valence-corrected chi connectivity index (χ0v) is 7.86. The van der Waals surface area contributed by atoms with Crippen LogP contribution in [-0.4, -0.2) is 12.3 Å². The first kappa shape index (κ1) is 9.93. The second-order valence-corrected chi connectivity index (χ2v) is 3.28. The van der Waals surface area contributed by atoms with Gasteiger partial charge in [-0.25, -0.2) is 0 Å². The standard InChI is InChI=1S/C11H15NO/c1-9-6-7-10(8-13)4-2-3-5-11(9)12/h2,4,6-8,11H,3,5,12H2,1H3/b4-2+,9-6+,10-7+. The van der Waals surface area contributed by atoms with Crippen molar-refractivity contribution in [1.82, 2.24) is 0 Å². The van der Waals surface area contributed by atoms with Crippen LogP contribution in [0, 0.1) is 0 Å². The fraction of sp³-hybridized carbons (Fsp3) is 0.364. The molecule has 0 fully saturated rings. The molecule has 13 heavy (non-hydrogen) atoms. The lowest BCUT2D eigenvalue weighted by Crippen LogP contribution is -2.20. The molecule has 0 amide bonds. The lowest BCUT2D eigenvalue weighted by molar-refractivity contribution is -0.104. The molecular formula is C11H15NO. The highest BCUT2D eigenvalue weighted by Gasteiger charge is 2.03. The second kappa shape index (κ2) is 4.77. The number of hydrogen-bond acceptors (Lipinski definition) is 2. The molecule has 1 aliphatic carbocycles. The van der Waals surface area contributed by atoms with E-state index in [1.54, 1.807) is 0 Å². The lowest BCUT2D eigenvalue weighted by atomic mass is 10.0. The lowest BCUT2D eigenvalue weighted by Gasteiger charge is -2.09. The molecule has 0 saturated heterocycles. The molecule has 1 aliphatic rings. The number of carbonyl (C=O) groups excluding carboxylic acids is 1. The summed E-state index contributed by atoms with van der Waals surface area (Å²) < 4.78 is 0. The van der Waals surface area contributed by atoms with Crippen molar-refractivity contribution in [1.29, 1.82) is 0 Å². The molecule has 0 heterocycles. The Bertz CT molecular complexity index is 274. The number of nitrogens with two attached hydrogens (primary N) is 1. The van der Waals surface area contributed by atoms with E-state index in [0.29, 0.717) is 5.57 Å². The molecule has 1 unspecified atom stereocenters. The highest BCUT2D eigenvalue weighted by atomic mass is 16.1. The summed E-state index contributed by atoms with van der Waals surface area (Å²) in [5.74, 6) is 0. The molecule has 0 aromatic heterocycles.